The molecule has 3 atom stereocenters. The smallest absolute Gasteiger partial charge is 0.339 e. The van der Waals surface area contributed by atoms with E-state index in [1.807, 2.05) is 17.0 Å². The van der Waals surface area contributed by atoms with Gasteiger partial charge in [-0.05, 0) is 31.7 Å². The third-order valence-corrected chi connectivity index (χ3v) is 6.21. The number of H-pyrrole nitrogens is 1. The lowest BCUT2D eigenvalue weighted by atomic mass is 9.80. The summed E-state index contributed by atoms with van der Waals surface area (Å²) in [5, 5.41) is 0. The molecule has 0 spiro atoms. The van der Waals surface area contributed by atoms with Gasteiger partial charge in [-0.2, -0.15) is 0 Å². The summed E-state index contributed by atoms with van der Waals surface area (Å²) in [5.74, 6) is 0.655. The fourth-order valence-electron chi connectivity index (χ4n) is 4.85. The highest BCUT2D eigenvalue weighted by atomic mass is 16.5. The summed E-state index contributed by atoms with van der Waals surface area (Å²) in [6, 6.07) is 7.22. The molecule has 1 saturated heterocycles. The van der Waals surface area contributed by atoms with Crippen molar-refractivity contribution < 1.29 is 14.3 Å². The maximum atomic E-state index is 13.0. The van der Waals surface area contributed by atoms with E-state index in [4.69, 9.17) is 4.74 Å². The Bertz CT molecular complexity index is 1040. The molecule has 5 rings (SSSR count). The minimum absolute atomic E-state index is 0.0213. The number of esters is 1. The van der Waals surface area contributed by atoms with Crippen molar-refractivity contribution in [1.82, 2.24) is 14.9 Å². The van der Waals surface area contributed by atoms with Crippen LogP contribution in [-0.4, -0.2) is 39.8 Å². The van der Waals surface area contributed by atoms with Gasteiger partial charge in [0.15, 0.2) is 0 Å². The summed E-state index contributed by atoms with van der Waals surface area (Å²) in [5.41, 5.74) is 2.89. The normalized spacial score (nSPS) is 25.1. The van der Waals surface area contributed by atoms with Crippen molar-refractivity contribution in [3.63, 3.8) is 0 Å². The summed E-state index contributed by atoms with van der Waals surface area (Å²) < 4.78 is 5.42. The maximum Gasteiger partial charge on any atom is 0.339 e. The lowest BCUT2D eigenvalue weighted by Gasteiger charge is -2.25. The molecule has 0 saturated carbocycles. The van der Waals surface area contributed by atoms with Crippen LogP contribution < -0.4 is 5.56 Å². The number of carbonyl (C=O) groups excluding carboxylic acids is 2. The Morgan fingerprint density at radius 3 is 2.96 bits per heavy atom. The third-order valence-electron chi connectivity index (χ3n) is 6.21. The number of cyclic esters (lactones) is 1. The molecule has 1 amide bonds. The molecule has 1 fully saturated rings. The van der Waals surface area contributed by atoms with Crippen molar-refractivity contribution in [2.75, 3.05) is 13.1 Å². The summed E-state index contributed by atoms with van der Waals surface area (Å²) in [6.07, 6.45) is 1.22. The lowest BCUT2D eigenvalue weighted by Crippen LogP contribution is -2.30. The molecule has 1 aromatic heterocycles. The number of ether oxygens (including phenoxy) is 1. The van der Waals surface area contributed by atoms with Crippen molar-refractivity contribution in [2.24, 2.45) is 5.92 Å². The Balaban J connectivity index is 1.35. The Morgan fingerprint density at radius 1 is 1.29 bits per heavy atom. The van der Waals surface area contributed by atoms with Crippen molar-refractivity contribution in [3.05, 3.63) is 62.8 Å². The van der Waals surface area contributed by atoms with Crippen LogP contribution in [0.3, 0.4) is 0 Å². The van der Waals surface area contributed by atoms with Crippen LogP contribution in [0.4, 0.5) is 0 Å². The highest BCUT2D eigenvalue weighted by Gasteiger charge is 2.42. The Hall–Kier alpha value is -2.96. The number of likely N-dealkylation sites (tertiary alicyclic amines) is 1. The second-order valence-electron chi connectivity index (χ2n) is 7.90. The van der Waals surface area contributed by atoms with Crippen LogP contribution in [0.2, 0.25) is 0 Å². The van der Waals surface area contributed by atoms with Crippen molar-refractivity contribution in [2.45, 2.75) is 38.2 Å². The lowest BCUT2D eigenvalue weighted by molar-refractivity contribution is -0.132. The minimum atomic E-state index is -0.519. The molecule has 7 heteroatoms. The van der Waals surface area contributed by atoms with Crippen molar-refractivity contribution in [3.8, 4) is 0 Å². The molecule has 0 radical (unpaired) electrons. The van der Waals surface area contributed by atoms with E-state index in [2.05, 4.69) is 9.97 Å². The second-order valence-corrected chi connectivity index (χ2v) is 7.90. The van der Waals surface area contributed by atoms with Gasteiger partial charge in [-0.3, -0.25) is 9.59 Å². The van der Waals surface area contributed by atoms with Crippen LogP contribution in [-0.2, 0) is 16.0 Å². The summed E-state index contributed by atoms with van der Waals surface area (Å²) in [7, 11) is 0. The fourth-order valence-corrected chi connectivity index (χ4v) is 4.85. The molecule has 2 aliphatic heterocycles. The van der Waals surface area contributed by atoms with Crippen LogP contribution in [0.1, 0.15) is 57.9 Å². The Kier molecular flexibility index (Phi) is 3.86. The number of aryl methyl sites for hydroxylation is 1. The molecule has 1 unspecified atom stereocenters. The zero-order chi connectivity index (χ0) is 19.4. The largest absolute Gasteiger partial charge is 0.453 e. The van der Waals surface area contributed by atoms with Crippen LogP contribution in [0.15, 0.2) is 29.1 Å². The molecule has 1 aromatic carbocycles. The minimum Gasteiger partial charge on any atom is -0.453 e. The van der Waals surface area contributed by atoms with E-state index in [0.29, 0.717) is 36.8 Å². The van der Waals surface area contributed by atoms with E-state index in [1.54, 1.807) is 19.1 Å². The van der Waals surface area contributed by atoms with Gasteiger partial charge in [-0.1, -0.05) is 18.2 Å². The second kappa shape index (κ2) is 6.29. The fraction of sp³-hybridized carbons (Fsp3) is 0.429. The molecular weight excluding hydrogens is 358 g/mol. The third kappa shape index (κ3) is 2.65. The monoisotopic (exact) mass is 379 g/mol. The van der Waals surface area contributed by atoms with Crippen molar-refractivity contribution >= 4 is 11.9 Å². The molecule has 2 aromatic rings. The molecule has 28 heavy (non-hydrogen) atoms. The summed E-state index contributed by atoms with van der Waals surface area (Å²) in [4.78, 5) is 46.4. The molecule has 144 valence electrons. The number of benzene rings is 1. The molecule has 3 aliphatic rings. The molecule has 7 nitrogen and oxygen atoms in total. The van der Waals surface area contributed by atoms with E-state index in [-0.39, 0.29) is 29.8 Å². The zero-order valence-corrected chi connectivity index (χ0v) is 15.6. The molecule has 0 bridgehead atoms. The summed E-state index contributed by atoms with van der Waals surface area (Å²) >= 11 is 0. The predicted molar refractivity (Wildman–Crippen MR) is 99.9 cm³/mol. The first-order chi connectivity index (χ1) is 13.5. The summed E-state index contributed by atoms with van der Waals surface area (Å²) in [6.45, 7) is 3.02. The van der Waals surface area contributed by atoms with E-state index in [0.717, 1.165) is 23.2 Å². The first-order valence-corrected chi connectivity index (χ1v) is 9.68. The molecule has 1 aliphatic carbocycles. The van der Waals surface area contributed by atoms with Gasteiger partial charge in [0.25, 0.3) is 5.56 Å². The van der Waals surface area contributed by atoms with Crippen LogP contribution in [0, 0.1) is 12.8 Å². The quantitative estimate of drug-likeness (QED) is 0.804. The number of aromatic amines is 1. The predicted octanol–water partition coefficient (Wildman–Crippen LogP) is 1.87. The number of nitrogens with zero attached hydrogens (tertiary/aromatic N) is 2. The number of rotatable bonds is 2. The molecule has 3 heterocycles. The van der Waals surface area contributed by atoms with Crippen LogP contribution in [0.5, 0.6) is 0 Å². The van der Waals surface area contributed by atoms with Gasteiger partial charge in [0.2, 0.25) is 5.91 Å². The van der Waals surface area contributed by atoms with E-state index in [9.17, 15) is 14.4 Å². The molecular formula is C21H21N3O4. The van der Waals surface area contributed by atoms with E-state index >= 15 is 0 Å². The van der Waals surface area contributed by atoms with Gasteiger partial charge < -0.3 is 14.6 Å². The number of fused-ring (bicyclic) bond motifs is 4. The van der Waals surface area contributed by atoms with Crippen LogP contribution in [0.25, 0.3) is 0 Å². The van der Waals surface area contributed by atoms with Gasteiger partial charge in [0, 0.05) is 30.1 Å². The maximum absolute atomic E-state index is 13.0. The molecule has 1 N–H and O–H groups in total. The van der Waals surface area contributed by atoms with Gasteiger partial charge >= 0.3 is 5.97 Å². The van der Waals surface area contributed by atoms with Crippen LogP contribution >= 0.6 is 0 Å². The number of amides is 1. The SMILES string of the molecule is Cc1nc2c(c(=O)[nH]1)CC[C@@H]1CN(C(=O)CC3OC(=O)c4ccccc43)C[C@H]21. The first-order valence-electron chi connectivity index (χ1n) is 9.68. The number of carbonyl (C=O) groups is 2. The number of hydrogen-bond donors (Lipinski definition) is 1. The van der Waals surface area contributed by atoms with Gasteiger partial charge in [-0.15, -0.1) is 0 Å². The average Bonchev–Trinajstić information content (AvgIpc) is 3.24. The Labute approximate surface area is 161 Å². The zero-order valence-electron chi connectivity index (χ0n) is 15.6. The number of aromatic nitrogens is 2. The highest BCUT2D eigenvalue weighted by molar-refractivity contribution is 5.94. The standard InChI is InChI=1S/C21H21N3O4/c1-11-22-19-15(20(26)23-11)7-6-12-9-24(10-16(12)19)18(25)8-17-13-4-2-3-5-14(13)21(27)28-17/h2-5,12,16-17H,6-10H2,1H3,(H,22,23,26)/t12-,16+,17?/m1/s1. The number of hydrogen-bond acceptors (Lipinski definition) is 5. The van der Waals surface area contributed by atoms with E-state index in [1.165, 1.54) is 0 Å². The van der Waals surface area contributed by atoms with E-state index < -0.39 is 6.10 Å². The van der Waals surface area contributed by atoms with Gasteiger partial charge in [0.1, 0.15) is 11.9 Å². The average molecular weight is 379 g/mol. The first kappa shape index (κ1) is 17.2. The number of nitrogens with one attached hydrogen (secondary N) is 1. The Morgan fingerprint density at radius 2 is 2.11 bits per heavy atom. The highest BCUT2D eigenvalue weighted by Crippen LogP contribution is 2.40. The van der Waals surface area contributed by atoms with Gasteiger partial charge in [0.05, 0.1) is 17.7 Å². The van der Waals surface area contributed by atoms with Crippen molar-refractivity contribution in [1.29, 1.82) is 0 Å². The topological polar surface area (TPSA) is 92.4 Å². The van der Waals surface area contributed by atoms with Gasteiger partial charge in [-0.25, -0.2) is 9.78 Å².